The number of nitrogens with one attached hydrogen (secondary N) is 1. The number of ether oxygens (including phenoxy) is 3. The molecule has 1 N–H and O–H groups in total. The van der Waals surface area contributed by atoms with E-state index in [0.717, 1.165) is 5.56 Å². The molecule has 2 rings (SSSR count). The van der Waals surface area contributed by atoms with Gasteiger partial charge in [-0.25, -0.2) is 0 Å². The Kier molecular flexibility index (Phi) is 10.6. The van der Waals surface area contributed by atoms with Crippen molar-refractivity contribution in [2.75, 3.05) is 47.5 Å². The summed E-state index contributed by atoms with van der Waals surface area (Å²) in [6.45, 7) is 8.28. The summed E-state index contributed by atoms with van der Waals surface area (Å²) in [5.41, 5.74) is 0.774. The first-order valence-electron chi connectivity index (χ1n) is 10.1. The van der Waals surface area contributed by atoms with Crippen molar-refractivity contribution in [1.29, 1.82) is 0 Å². The van der Waals surface area contributed by atoms with Crippen LogP contribution in [0.1, 0.15) is 26.3 Å². The van der Waals surface area contributed by atoms with Crippen LogP contribution in [0.15, 0.2) is 18.2 Å². The van der Waals surface area contributed by atoms with Crippen LogP contribution >= 0.6 is 12.4 Å². The topological polar surface area (TPSA) is 80.3 Å². The molecule has 9 heteroatoms. The van der Waals surface area contributed by atoms with Gasteiger partial charge in [-0.3, -0.25) is 14.5 Å². The van der Waals surface area contributed by atoms with E-state index in [2.05, 4.69) is 10.2 Å². The van der Waals surface area contributed by atoms with Crippen LogP contribution in [0.5, 0.6) is 17.2 Å². The second-order valence-corrected chi connectivity index (χ2v) is 7.49. The maximum absolute atomic E-state index is 12.6. The number of nitrogens with zero attached hydrogens (tertiary/aromatic N) is 2. The smallest absolute Gasteiger partial charge is 0.246 e. The molecular weight excluding hydrogens is 422 g/mol. The summed E-state index contributed by atoms with van der Waals surface area (Å²) in [4.78, 5) is 28.7. The second kappa shape index (κ2) is 12.4. The molecule has 1 atom stereocenters. The van der Waals surface area contributed by atoms with Crippen LogP contribution in [0.25, 0.3) is 6.08 Å². The van der Waals surface area contributed by atoms with E-state index in [1.165, 1.54) is 0 Å². The first-order valence-corrected chi connectivity index (χ1v) is 10.1. The predicted octanol–water partition coefficient (Wildman–Crippen LogP) is 2.20. The standard InChI is InChI=1S/C22H33N3O5.ClH/c1-15(2)23-22(27)16(3)24-9-11-25(12-10-24)20(26)8-7-17-13-18(28-4)21(30-6)19(14-17)29-5;/h7-8,13-16H,9-12H2,1-6H3,(H,23,27);1H/b8-7+;. The van der Waals surface area contributed by atoms with Crippen LogP contribution in [-0.4, -0.2) is 81.2 Å². The number of methoxy groups -OCH3 is 3. The van der Waals surface area contributed by atoms with E-state index in [9.17, 15) is 9.59 Å². The lowest BCUT2D eigenvalue weighted by Crippen LogP contribution is -2.55. The Bertz CT molecular complexity index is 751. The zero-order valence-electron chi connectivity index (χ0n) is 19.1. The highest BCUT2D eigenvalue weighted by Crippen LogP contribution is 2.38. The third-order valence-electron chi connectivity index (χ3n) is 5.09. The monoisotopic (exact) mass is 455 g/mol. The highest BCUT2D eigenvalue weighted by Gasteiger charge is 2.27. The minimum atomic E-state index is -0.209. The van der Waals surface area contributed by atoms with E-state index in [1.54, 1.807) is 50.5 Å². The van der Waals surface area contributed by atoms with Gasteiger partial charge in [0.25, 0.3) is 0 Å². The summed E-state index contributed by atoms with van der Waals surface area (Å²) in [6, 6.07) is 3.48. The fourth-order valence-corrected chi connectivity index (χ4v) is 3.37. The van der Waals surface area contributed by atoms with E-state index in [0.29, 0.717) is 43.4 Å². The molecule has 0 bridgehead atoms. The summed E-state index contributed by atoms with van der Waals surface area (Å²) in [7, 11) is 4.65. The van der Waals surface area contributed by atoms with Crippen LogP contribution in [0.4, 0.5) is 0 Å². The Hall–Kier alpha value is -2.45. The van der Waals surface area contributed by atoms with Gasteiger partial charge in [-0.05, 0) is 44.5 Å². The molecule has 1 aliphatic rings. The van der Waals surface area contributed by atoms with Crippen LogP contribution in [0, 0.1) is 0 Å². The molecule has 31 heavy (non-hydrogen) atoms. The van der Waals surface area contributed by atoms with Crippen molar-refractivity contribution in [3.63, 3.8) is 0 Å². The van der Waals surface area contributed by atoms with Crippen molar-refractivity contribution < 1.29 is 23.8 Å². The van der Waals surface area contributed by atoms with E-state index < -0.39 is 0 Å². The summed E-state index contributed by atoms with van der Waals surface area (Å²) < 4.78 is 16.0. The fraction of sp³-hybridized carbons (Fsp3) is 0.545. The van der Waals surface area contributed by atoms with Crippen molar-refractivity contribution in [2.24, 2.45) is 0 Å². The number of amides is 2. The lowest BCUT2D eigenvalue weighted by Gasteiger charge is -2.37. The molecule has 0 radical (unpaired) electrons. The Labute approximate surface area is 190 Å². The zero-order valence-corrected chi connectivity index (χ0v) is 20.0. The normalized spacial score (nSPS) is 15.4. The van der Waals surface area contributed by atoms with Crippen molar-refractivity contribution >= 4 is 30.3 Å². The van der Waals surface area contributed by atoms with Gasteiger partial charge in [0.1, 0.15) is 0 Å². The molecule has 1 aliphatic heterocycles. The molecule has 0 spiro atoms. The number of carbonyl (C=O) groups is 2. The predicted molar refractivity (Wildman–Crippen MR) is 123 cm³/mol. The first-order chi connectivity index (χ1) is 14.3. The Morgan fingerprint density at radius 2 is 1.52 bits per heavy atom. The van der Waals surface area contributed by atoms with Gasteiger partial charge in [0.2, 0.25) is 17.6 Å². The number of halogens is 1. The van der Waals surface area contributed by atoms with Crippen molar-refractivity contribution in [1.82, 2.24) is 15.1 Å². The van der Waals surface area contributed by atoms with Gasteiger partial charge in [-0.1, -0.05) is 0 Å². The van der Waals surface area contributed by atoms with E-state index >= 15 is 0 Å². The summed E-state index contributed by atoms with van der Waals surface area (Å²) in [6.07, 6.45) is 3.28. The van der Waals surface area contributed by atoms with Crippen molar-refractivity contribution in [3.8, 4) is 17.2 Å². The Morgan fingerprint density at radius 1 is 0.968 bits per heavy atom. The van der Waals surface area contributed by atoms with Crippen LogP contribution in [-0.2, 0) is 9.59 Å². The summed E-state index contributed by atoms with van der Waals surface area (Å²) >= 11 is 0. The maximum atomic E-state index is 12.6. The second-order valence-electron chi connectivity index (χ2n) is 7.49. The number of benzene rings is 1. The van der Waals surface area contributed by atoms with Gasteiger partial charge < -0.3 is 24.4 Å². The molecule has 1 saturated heterocycles. The quantitative estimate of drug-likeness (QED) is 0.605. The number of hydrogen-bond acceptors (Lipinski definition) is 6. The Balaban J connectivity index is 0.00000480. The molecule has 0 aliphatic carbocycles. The number of carbonyl (C=O) groups excluding carboxylic acids is 2. The van der Waals surface area contributed by atoms with E-state index in [4.69, 9.17) is 14.2 Å². The number of piperazine rings is 1. The van der Waals surface area contributed by atoms with Crippen molar-refractivity contribution in [3.05, 3.63) is 23.8 Å². The first kappa shape index (κ1) is 26.6. The van der Waals surface area contributed by atoms with Gasteiger partial charge in [0.05, 0.1) is 27.4 Å². The van der Waals surface area contributed by atoms with E-state index in [-0.39, 0.29) is 36.3 Å². The minimum Gasteiger partial charge on any atom is -0.493 e. The maximum Gasteiger partial charge on any atom is 0.246 e. The molecule has 0 saturated carbocycles. The average Bonchev–Trinajstić information content (AvgIpc) is 2.75. The van der Waals surface area contributed by atoms with Crippen LogP contribution in [0.2, 0.25) is 0 Å². The van der Waals surface area contributed by atoms with Gasteiger partial charge in [0, 0.05) is 38.3 Å². The fourth-order valence-electron chi connectivity index (χ4n) is 3.37. The van der Waals surface area contributed by atoms with Crippen LogP contribution in [0.3, 0.4) is 0 Å². The molecule has 1 fully saturated rings. The molecule has 2 amide bonds. The average molecular weight is 456 g/mol. The van der Waals surface area contributed by atoms with Gasteiger partial charge >= 0.3 is 0 Å². The molecule has 8 nitrogen and oxygen atoms in total. The summed E-state index contributed by atoms with van der Waals surface area (Å²) in [5.74, 6) is 1.53. The van der Waals surface area contributed by atoms with Crippen molar-refractivity contribution in [2.45, 2.75) is 32.9 Å². The molecule has 1 unspecified atom stereocenters. The highest BCUT2D eigenvalue weighted by molar-refractivity contribution is 5.92. The largest absolute Gasteiger partial charge is 0.493 e. The SMILES string of the molecule is COc1cc(/C=C/C(=O)N2CCN(C(C)C(=O)NC(C)C)CC2)cc(OC)c1OC.Cl. The molecule has 1 aromatic rings. The zero-order chi connectivity index (χ0) is 22.3. The van der Waals surface area contributed by atoms with Gasteiger partial charge in [0.15, 0.2) is 11.5 Å². The minimum absolute atomic E-state index is 0. The van der Waals surface area contributed by atoms with Gasteiger partial charge in [-0.2, -0.15) is 0 Å². The molecule has 1 aromatic carbocycles. The lowest BCUT2D eigenvalue weighted by molar-refractivity contribution is -0.130. The molecule has 0 aromatic heterocycles. The van der Waals surface area contributed by atoms with Gasteiger partial charge in [-0.15, -0.1) is 12.4 Å². The Morgan fingerprint density at radius 3 is 1.97 bits per heavy atom. The molecular formula is C22H34ClN3O5. The van der Waals surface area contributed by atoms with Crippen LogP contribution < -0.4 is 19.5 Å². The molecule has 174 valence electrons. The number of rotatable bonds is 8. The summed E-state index contributed by atoms with van der Waals surface area (Å²) in [5, 5.41) is 2.94. The third-order valence-corrected chi connectivity index (χ3v) is 5.09. The van der Waals surface area contributed by atoms with E-state index in [1.807, 2.05) is 20.8 Å². The highest BCUT2D eigenvalue weighted by atomic mass is 35.5. The third kappa shape index (κ3) is 7.04. The lowest BCUT2D eigenvalue weighted by atomic mass is 10.1. The molecule has 1 heterocycles. The number of hydrogen-bond donors (Lipinski definition) is 1.